The van der Waals surface area contributed by atoms with Crippen LogP contribution in [0.15, 0.2) is 24.3 Å². The molecule has 1 heterocycles. The molecule has 1 amide bonds. The van der Waals surface area contributed by atoms with Gasteiger partial charge in [0.15, 0.2) is 0 Å². The Kier molecular flexibility index (Phi) is 6.29. The number of rotatable bonds is 7. The van der Waals surface area contributed by atoms with E-state index in [0.29, 0.717) is 11.6 Å². The fourth-order valence-electron chi connectivity index (χ4n) is 2.35. The SMILES string of the molecule is CCCCCNc1nc(C)cc(C(=O)Nc2ccc(C)c(C)c2)n1. The van der Waals surface area contributed by atoms with Crippen LogP contribution in [0.5, 0.6) is 0 Å². The molecule has 0 saturated heterocycles. The van der Waals surface area contributed by atoms with Gasteiger partial charge in [-0.05, 0) is 56.5 Å². The maximum absolute atomic E-state index is 12.5. The third-order valence-corrected chi connectivity index (χ3v) is 3.92. The number of carbonyl (C=O) groups is 1. The number of aromatic nitrogens is 2. The van der Waals surface area contributed by atoms with Crippen LogP contribution in [0.1, 0.15) is 53.5 Å². The highest BCUT2D eigenvalue weighted by Gasteiger charge is 2.11. The number of anilines is 2. The van der Waals surface area contributed by atoms with Gasteiger partial charge in [-0.15, -0.1) is 0 Å². The predicted octanol–water partition coefficient (Wildman–Crippen LogP) is 4.26. The van der Waals surface area contributed by atoms with E-state index in [1.165, 1.54) is 18.4 Å². The minimum atomic E-state index is -0.222. The summed E-state index contributed by atoms with van der Waals surface area (Å²) in [5.41, 5.74) is 4.26. The third kappa shape index (κ3) is 5.05. The Morgan fingerprint density at radius 1 is 1.04 bits per heavy atom. The van der Waals surface area contributed by atoms with Crippen LogP contribution in [0.25, 0.3) is 0 Å². The van der Waals surface area contributed by atoms with Crippen LogP contribution < -0.4 is 10.6 Å². The van der Waals surface area contributed by atoms with E-state index in [1.807, 2.05) is 39.0 Å². The monoisotopic (exact) mass is 326 g/mol. The molecular formula is C19H26N4O. The Morgan fingerprint density at radius 2 is 1.83 bits per heavy atom. The Labute approximate surface area is 143 Å². The lowest BCUT2D eigenvalue weighted by Gasteiger charge is -2.10. The van der Waals surface area contributed by atoms with Crippen molar-refractivity contribution in [3.63, 3.8) is 0 Å². The summed E-state index contributed by atoms with van der Waals surface area (Å²) in [7, 11) is 0. The first-order chi connectivity index (χ1) is 11.5. The quantitative estimate of drug-likeness (QED) is 0.746. The molecule has 1 aromatic heterocycles. The van der Waals surface area contributed by atoms with Crippen molar-refractivity contribution in [2.45, 2.75) is 47.0 Å². The normalized spacial score (nSPS) is 10.5. The number of carbonyl (C=O) groups excluding carboxylic acids is 1. The predicted molar refractivity (Wildman–Crippen MR) is 98.7 cm³/mol. The van der Waals surface area contributed by atoms with Gasteiger partial charge in [0.1, 0.15) is 5.69 Å². The van der Waals surface area contributed by atoms with E-state index >= 15 is 0 Å². The first-order valence-corrected chi connectivity index (χ1v) is 8.47. The van der Waals surface area contributed by atoms with Crippen molar-refractivity contribution < 1.29 is 4.79 Å². The molecular weight excluding hydrogens is 300 g/mol. The van der Waals surface area contributed by atoms with E-state index < -0.39 is 0 Å². The Balaban J connectivity index is 2.07. The third-order valence-electron chi connectivity index (χ3n) is 3.92. The summed E-state index contributed by atoms with van der Waals surface area (Å²) in [5, 5.41) is 6.09. The summed E-state index contributed by atoms with van der Waals surface area (Å²) in [5.74, 6) is 0.289. The Bertz CT molecular complexity index is 713. The Morgan fingerprint density at radius 3 is 2.54 bits per heavy atom. The lowest BCUT2D eigenvalue weighted by Crippen LogP contribution is -2.16. The van der Waals surface area contributed by atoms with Crippen molar-refractivity contribution in [1.82, 2.24) is 9.97 Å². The molecule has 0 spiro atoms. The second-order valence-electron chi connectivity index (χ2n) is 6.11. The molecule has 1 aromatic carbocycles. The van der Waals surface area contributed by atoms with Crippen LogP contribution in [0.4, 0.5) is 11.6 Å². The highest BCUT2D eigenvalue weighted by atomic mass is 16.1. The second-order valence-corrected chi connectivity index (χ2v) is 6.11. The second kappa shape index (κ2) is 8.43. The van der Waals surface area contributed by atoms with Gasteiger partial charge in [0.25, 0.3) is 5.91 Å². The van der Waals surface area contributed by atoms with Crippen molar-refractivity contribution in [2.24, 2.45) is 0 Å². The number of aryl methyl sites for hydroxylation is 3. The van der Waals surface area contributed by atoms with E-state index in [0.717, 1.165) is 29.9 Å². The highest BCUT2D eigenvalue weighted by Crippen LogP contribution is 2.15. The zero-order chi connectivity index (χ0) is 17.5. The van der Waals surface area contributed by atoms with Crippen molar-refractivity contribution in [1.29, 1.82) is 0 Å². The molecule has 128 valence electrons. The number of nitrogens with one attached hydrogen (secondary N) is 2. The van der Waals surface area contributed by atoms with Crippen molar-refractivity contribution in [3.05, 3.63) is 46.8 Å². The molecule has 0 unspecified atom stereocenters. The minimum Gasteiger partial charge on any atom is -0.354 e. The van der Waals surface area contributed by atoms with Gasteiger partial charge in [-0.25, -0.2) is 9.97 Å². The molecule has 0 bridgehead atoms. The number of unbranched alkanes of at least 4 members (excludes halogenated alkanes) is 2. The fraction of sp³-hybridized carbons (Fsp3) is 0.421. The summed E-state index contributed by atoms with van der Waals surface area (Å²) in [6.45, 7) is 8.92. The van der Waals surface area contributed by atoms with Crippen molar-refractivity contribution >= 4 is 17.5 Å². The molecule has 2 aromatic rings. The molecule has 0 atom stereocenters. The fourth-order valence-corrected chi connectivity index (χ4v) is 2.35. The molecule has 0 radical (unpaired) electrons. The smallest absolute Gasteiger partial charge is 0.274 e. The van der Waals surface area contributed by atoms with E-state index in [-0.39, 0.29) is 5.91 Å². The maximum atomic E-state index is 12.5. The summed E-state index contributed by atoms with van der Waals surface area (Å²) >= 11 is 0. The van der Waals surface area contributed by atoms with Crippen LogP contribution in [0.3, 0.4) is 0 Å². The number of hydrogen-bond donors (Lipinski definition) is 2. The van der Waals surface area contributed by atoms with Crippen LogP contribution in [-0.4, -0.2) is 22.4 Å². The molecule has 0 aliphatic carbocycles. The van der Waals surface area contributed by atoms with E-state index in [2.05, 4.69) is 27.5 Å². The molecule has 2 N–H and O–H groups in total. The van der Waals surface area contributed by atoms with Crippen molar-refractivity contribution in [3.8, 4) is 0 Å². The van der Waals surface area contributed by atoms with Gasteiger partial charge < -0.3 is 10.6 Å². The first-order valence-electron chi connectivity index (χ1n) is 8.47. The summed E-state index contributed by atoms with van der Waals surface area (Å²) < 4.78 is 0. The number of nitrogens with zero attached hydrogens (tertiary/aromatic N) is 2. The van der Waals surface area contributed by atoms with Gasteiger partial charge in [-0.1, -0.05) is 25.8 Å². The van der Waals surface area contributed by atoms with Crippen LogP contribution in [0, 0.1) is 20.8 Å². The molecule has 24 heavy (non-hydrogen) atoms. The van der Waals surface area contributed by atoms with Crippen LogP contribution in [-0.2, 0) is 0 Å². The standard InChI is InChI=1S/C19H26N4O/c1-5-6-7-10-20-19-21-15(4)12-17(23-19)18(24)22-16-9-8-13(2)14(3)11-16/h8-9,11-12H,5-7,10H2,1-4H3,(H,22,24)(H,20,21,23). The topological polar surface area (TPSA) is 66.9 Å². The number of amides is 1. The van der Waals surface area contributed by atoms with E-state index in [1.54, 1.807) is 6.07 Å². The zero-order valence-corrected chi connectivity index (χ0v) is 14.9. The van der Waals surface area contributed by atoms with Gasteiger partial charge in [-0.3, -0.25) is 4.79 Å². The Hall–Kier alpha value is -2.43. The summed E-state index contributed by atoms with van der Waals surface area (Å²) in [6.07, 6.45) is 3.40. The van der Waals surface area contributed by atoms with E-state index in [4.69, 9.17) is 0 Å². The summed E-state index contributed by atoms with van der Waals surface area (Å²) in [4.78, 5) is 21.1. The molecule has 2 rings (SSSR count). The van der Waals surface area contributed by atoms with Crippen molar-refractivity contribution in [2.75, 3.05) is 17.2 Å². The molecule has 5 heteroatoms. The molecule has 0 aliphatic heterocycles. The highest BCUT2D eigenvalue weighted by molar-refractivity contribution is 6.03. The van der Waals surface area contributed by atoms with Gasteiger partial charge in [0.05, 0.1) is 0 Å². The first kappa shape index (κ1) is 17.9. The molecule has 0 saturated carbocycles. The average Bonchev–Trinajstić information content (AvgIpc) is 2.54. The average molecular weight is 326 g/mol. The minimum absolute atomic E-state index is 0.222. The molecule has 5 nitrogen and oxygen atoms in total. The van der Waals surface area contributed by atoms with Gasteiger partial charge in [0.2, 0.25) is 5.95 Å². The number of hydrogen-bond acceptors (Lipinski definition) is 4. The number of benzene rings is 1. The van der Waals surface area contributed by atoms with Gasteiger partial charge in [-0.2, -0.15) is 0 Å². The lowest BCUT2D eigenvalue weighted by atomic mass is 10.1. The van der Waals surface area contributed by atoms with Crippen LogP contribution in [0.2, 0.25) is 0 Å². The summed E-state index contributed by atoms with van der Waals surface area (Å²) in [6, 6.07) is 7.56. The van der Waals surface area contributed by atoms with Gasteiger partial charge in [0, 0.05) is 17.9 Å². The lowest BCUT2D eigenvalue weighted by molar-refractivity contribution is 0.102. The zero-order valence-electron chi connectivity index (χ0n) is 14.9. The van der Waals surface area contributed by atoms with Crippen LogP contribution >= 0.6 is 0 Å². The van der Waals surface area contributed by atoms with E-state index in [9.17, 15) is 4.79 Å². The van der Waals surface area contributed by atoms with Gasteiger partial charge >= 0.3 is 0 Å². The largest absolute Gasteiger partial charge is 0.354 e. The molecule has 0 fully saturated rings. The maximum Gasteiger partial charge on any atom is 0.274 e. The molecule has 0 aliphatic rings.